The molecule has 2 rings (SSSR count). The molecule has 92 valence electrons. The zero-order chi connectivity index (χ0) is 11.9. The Labute approximate surface area is 109 Å². The zero-order valence-electron chi connectivity index (χ0n) is 9.73. The molecule has 4 nitrogen and oxygen atoms in total. The molecule has 0 bridgehead atoms. The van der Waals surface area contributed by atoms with Gasteiger partial charge in [-0.05, 0) is 20.8 Å². The predicted molar refractivity (Wildman–Crippen MR) is 66.7 cm³/mol. The van der Waals surface area contributed by atoms with Crippen molar-refractivity contribution in [2.75, 3.05) is 4.43 Å². The van der Waals surface area contributed by atoms with Gasteiger partial charge in [-0.1, -0.05) is 22.6 Å². The summed E-state index contributed by atoms with van der Waals surface area (Å²) >= 11 is 2.28. The van der Waals surface area contributed by atoms with Gasteiger partial charge in [-0.3, -0.25) is 4.79 Å². The number of ketones is 1. The Morgan fingerprint density at radius 3 is 2.31 bits per heavy atom. The Morgan fingerprint density at radius 1 is 1.25 bits per heavy atom. The first-order valence-electron chi connectivity index (χ1n) is 5.49. The summed E-state index contributed by atoms with van der Waals surface area (Å²) in [5.74, 6) is -0.427. The van der Waals surface area contributed by atoms with Gasteiger partial charge in [-0.25, -0.2) is 0 Å². The summed E-state index contributed by atoms with van der Waals surface area (Å²) in [5, 5.41) is 0. The van der Waals surface area contributed by atoms with Crippen molar-refractivity contribution in [3.05, 3.63) is 0 Å². The number of alkyl halides is 1. The van der Waals surface area contributed by atoms with Gasteiger partial charge in [0, 0.05) is 10.8 Å². The van der Waals surface area contributed by atoms with Crippen molar-refractivity contribution in [3.63, 3.8) is 0 Å². The van der Waals surface area contributed by atoms with E-state index in [1.807, 2.05) is 13.8 Å². The fraction of sp³-hybridized carbons (Fsp3) is 0.909. The Morgan fingerprint density at radius 2 is 1.81 bits per heavy atom. The Balaban J connectivity index is 2.11. The second kappa shape index (κ2) is 4.51. The molecular weight excluding hydrogens is 323 g/mol. The van der Waals surface area contributed by atoms with Crippen LogP contribution in [0.2, 0.25) is 0 Å². The van der Waals surface area contributed by atoms with Crippen LogP contribution in [0.15, 0.2) is 0 Å². The molecular formula is C11H17IO4. The van der Waals surface area contributed by atoms with E-state index < -0.39 is 5.79 Å². The van der Waals surface area contributed by atoms with Gasteiger partial charge >= 0.3 is 0 Å². The maximum Gasteiger partial charge on any atom is 0.164 e. The average Bonchev–Trinajstić information content (AvgIpc) is 2.60. The van der Waals surface area contributed by atoms with Crippen LogP contribution >= 0.6 is 22.6 Å². The minimum Gasteiger partial charge on any atom is -0.368 e. The lowest BCUT2D eigenvalue weighted by molar-refractivity contribution is -0.185. The summed E-state index contributed by atoms with van der Waals surface area (Å²) in [6.07, 6.45) is 0.170. The van der Waals surface area contributed by atoms with E-state index in [9.17, 15) is 4.79 Å². The first-order valence-corrected chi connectivity index (χ1v) is 7.02. The molecule has 4 atom stereocenters. The summed E-state index contributed by atoms with van der Waals surface area (Å²) in [7, 11) is 0. The molecule has 0 N–H and O–H groups in total. The van der Waals surface area contributed by atoms with E-state index in [0.29, 0.717) is 6.42 Å². The number of ether oxygens (including phenoxy) is 3. The molecule has 5 heteroatoms. The molecule has 0 saturated carbocycles. The maximum atomic E-state index is 11.2. The molecule has 0 aromatic carbocycles. The van der Waals surface area contributed by atoms with Gasteiger partial charge in [0.05, 0.1) is 12.2 Å². The lowest BCUT2D eigenvalue weighted by Gasteiger charge is -2.23. The van der Waals surface area contributed by atoms with Gasteiger partial charge in [0.25, 0.3) is 0 Å². The third-order valence-electron chi connectivity index (χ3n) is 2.89. The number of carbonyl (C=O) groups excluding carboxylic acids is 1. The fourth-order valence-electron chi connectivity index (χ4n) is 2.34. The summed E-state index contributed by atoms with van der Waals surface area (Å²) in [5.41, 5.74) is 0. The predicted octanol–water partition coefficient (Wildman–Crippen LogP) is 1.69. The molecule has 2 aliphatic heterocycles. The second-order valence-corrected chi connectivity index (χ2v) is 5.72. The van der Waals surface area contributed by atoms with Crippen LogP contribution in [-0.4, -0.2) is 40.4 Å². The van der Waals surface area contributed by atoms with E-state index in [1.165, 1.54) is 0 Å². The molecule has 0 aromatic rings. The second-order valence-electron chi connectivity index (χ2n) is 4.84. The highest BCUT2D eigenvalue weighted by molar-refractivity contribution is 14.1. The van der Waals surface area contributed by atoms with E-state index >= 15 is 0 Å². The Hall–Kier alpha value is 0.280. The summed E-state index contributed by atoms with van der Waals surface area (Å²) in [6, 6.07) is 0. The lowest BCUT2D eigenvalue weighted by atomic mass is 10.1. The molecule has 0 spiro atoms. The average molecular weight is 340 g/mol. The quantitative estimate of drug-likeness (QED) is 0.579. The number of Topliss-reactive ketones (excluding diaryl/α,β-unsaturated/α-hetero) is 1. The van der Waals surface area contributed by atoms with E-state index in [1.54, 1.807) is 6.92 Å². The third-order valence-corrected chi connectivity index (χ3v) is 3.75. The van der Waals surface area contributed by atoms with Gasteiger partial charge in [-0.15, -0.1) is 0 Å². The Kier molecular flexibility index (Phi) is 3.59. The van der Waals surface area contributed by atoms with E-state index in [0.717, 1.165) is 4.43 Å². The van der Waals surface area contributed by atoms with Crippen molar-refractivity contribution in [3.8, 4) is 0 Å². The van der Waals surface area contributed by atoms with Gasteiger partial charge in [0.2, 0.25) is 0 Å². The zero-order valence-corrected chi connectivity index (χ0v) is 11.9. The SMILES string of the molecule is CC(=O)C[C@@H]1O[C@H](CI)[C@H]2OC(C)(C)O[C@H]21. The monoisotopic (exact) mass is 340 g/mol. The van der Waals surface area contributed by atoms with Crippen molar-refractivity contribution in [1.29, 1.82) is 0 Å². The molecule has 0 unspecified atom stereocenters. The van der Waals surface area contributed by atoms with Crippen LogP contribution in [0.4, 0.5) is 0 Å². The van der Waals surface area contributed by atoms with Gasteiger partial charge < -0.3 is 14.2 Å². The van der Waals surface area contributed by atoms with Crippen LogP contribution in [0.25, 0.3) is 0 Å². The standard InChI is InChI=1S/C11H17IO4/c1-6(13)4-7-9-10(8(5-12)14-7)16-11(2,3)15-9/h7-10H,4-5H2,1-3H3/t7-,8+,9-,10+/m0/s1. The fourth-order valence-corrected chi connectivity index (χ4v) is 3.05. The minimum absolute atomic E-state index is 0.0313. The van der Waals surface area contributed by atoms with Crippen LogP contribution in [0, 0.1) is 0 Å². The smallest absolute Gasteiger partial charge is 0.164 e. The van der Waals surface area contributed by atoms with Crippen molar-refractivity contribution in [1.82, 2.24) is 0 Å². The number of halogens is 1. The number of carbonyl (C=O) groups is 1. The topological polar surface area (TPSA) is 44.8 Å². The molecule has 0 aliphatic carbocycles. The van der Waals surface area contributed by atoms with Crippen molar-refractivity contribution in [2.45, 2.75) is 57.4 Å². The molecule has 2 saturated heterocycles. The minimum atomic E-state index is -0.557. The van der Waals surface area contributed by atoms with Gasteiger partial charge in [0.1, 0.15) is 18.0 Å². The van der Waals surface area contributed by atoms with Gasteiger partial charge in [0.15, 0.2) is 5.79 Å². The normalized spacial score (nSPS) is 41.0. The van der Waals surface area contributed by atoms with Gasteiger partial charge in [-0.2, -0.15) is 0 Å². The number of hydrogen-bond donors (Lipinski definition) is 0. The molecule has 0 amide bonds. The molecule has 0 radical (unpaired) electrons. The van der Waals surface area contributed by atoms with Crippen LogP contribution in [0.3, 0.4) is 0 Å². The van der Waals surface area contributed by atoms with Crippen molar-refractivity contribution < 1.29 is 19.0 Å². The number of rotatable bonds is 3. The largest absolute Gasteiger partial charge is 0.368 e. The van der Waals surface area contributed by atoms with Crippen LogP contribution in [0.5, 0.6) is 0 Å². The van der Waals surface area contributed by atoms with E-state index in [4.69, 9.17) is 14.2 Å². The first kappa shape index (κ1) is 12.7. The third kappa shape index (κ3) is 2.42. The molecule has 16 heavy (non-hydrogen) atoms. The highest BCUT2D eigenvalue weighted by Gasteiger charge is 2.54. The summed E-state index contributed by atoms with van der Waals surface area (Å²) in [6.45, 7) is 5.39. The highest BCUT2D eigenvalue weighted by atomic mass is 127. The highest BCUT2D eigenvalue weighted by Crippen LogP contribution is 2.40. The first-order chi connectivity index (χ1) is 7.43. The maximum absolute atomic E-state index is 11.2. The van der Waals surface area contributed by atoms with Crippen LogP contribution < -0.4 is 0 Å². The molecule has 0 aromatic heterocycles. The summed E-state index contributed by atoms with van der Waals surface area (Å²) in [4.78, 5) is 11.2. The molecule has 2 fully saturated rings. The van der Waals surface area contributed by atoms with E-state index in [2.05, 4.69) is 22.6 Å². The van der Waals surface area contributed by atoms with Crippen LogP contribution in [0.1, 0.15) is 27.2 Å². The molecule has 2 heterocycles. The lowest BCUT2D eigenvalue weighted by Crippen LogP contribution is -2.30. The molecule has 2 aliphatic rings. The van der Waals surface area contributed by atoms with E-state index in [-0.39, 0.29) is 30.2 Å². The van der Waals surface area contributed by atoms with Crippen molar-refractivity contribution in [2.24, 2.45) is 0 Å². The summed E-state index contributed by atoms with van der Waals surface area (Å²) < 4.78 is 18.3. The van der Waals surface area contributed by atoms with Crippen molar-refractivity contribution >= 4 is 28.4 Å². The number of hydrogen-bond acceptors (Lipinski definition) is 4. The Bertz CT molecular complexity index is 292. The van der Waals surface area contributed by atoms with Crippen LogP contribution in [-0.2, 0) is 19.0 Å². The number of fused-ring (bicyclic) bond motifs is 1.